The van der Waals surface area contributed by atoms with E-state index in [1.165, 1.54) is 11.8 Å². The Morgan fingerprint density at radius 3 is 2.35 bits per heavy atom. The Hall–Kier alpha value is -2.37. The summed E-state index contributed by atoms with van der Waals surface area (Å²) in [6, 6.07) is 15.6. The van der Waals surface area contributed by atoms with Crippen molar-refractivity contribution in [3.63, 3.8) is 0 Å². The Morgan fingerprint density at radius 2 is 1.77 bits per heavy atom. The van der Waals surface area contributed by atoms with E-state index >= 15 is 0 Å². The first-order chi connectivity index (χ1) is 12.5. The lowest BCUT2D eigenvalue weighted by atomic mass is 10.0. The van der Waals surface area contributed by atoms with Crippen LogP contribution in [0.3, 0.4) is 0 Å². The van der Waals surface area contributed by atoms with Gasteiger partial charge < -0.3 is 15.3 Å². The zero-order chi connectivity index (χ0) is 18.9. The van der Waals surface area contributed by atoms with Crippen molar-refractivity contribution in [1.29, 1.82) is 0 Å². The molecule has 138 valence electrons. The molecule has 1 atom stereocenters. The van der Waals surface area contributed by atoms with Gasteiger partial charge in [-0.3, -0.25) is 9.59 Å². The zero-order valence-electron chi connectivity index (χ0n) is 14.7. The predicted octanol–water partition coefficient (Wildman–Crippen LogP) is 2.93. The van der Waals surface area contributed by atoms with E-state index in [0.29, 0.717) is 24.5 Å². The zero-order valence-corrected chi connectivity index (χ0v) is 15.4. The second-order valence-corrected chi connectivity index (χ2v) is 6.39. The van der Waals surface area contributed by atoms with Crippen molar-refractivity contribution in [1.82, 2.24) is 10.2 Å². The van der Waals surface area contributed by atoms with Gasteiger partial charge in [-0.05, 0) is 29.7 Å². The lowest BCUT2D eigenvalue weighted by Gasteiger charge is -2.30. The van der Waals surface area contributed by atoms with Crippen LogP contribution in [0.4, 0.5) is 0 Å². The molecule has 0 saturated heterocycles. The van der Waals surface area contributed by atoms with Crippen molar-refractivity contribution in [2.45, 2.75) is 25.9 Å². The Morgan fingerprint density at radius 1 is 1.12 bits per heavy atom. The number of nitrogens with zero attached hydrogens (tertiary/aromatic N) is 1. The van der Waals surface area contributed by atoms with E-state index in [4.69, 9.17) is 16.7 Å². The first-order valence-electron chi connectivity index (χ1n) is 8.48. The fourth-order valence-electron chi connectivity index (χ4n) is 2.67. The number of halogens is 1. The number of aliphatic hydroxyl groups is 1. The number of carbonyl (C=O) groups is 2. The molecule has 2 aromatic carbocycles. The molecule has 0 aliphatic carbocycles. The minimum absolute atomic E-state index is 0.00250. The molecule has 2 rings (SSSR count). The molecule has 5 nitrogen and oxygen atoms in total. The van der Waals surface area contributed by atoms with E-state index in [9.17, 15) is 9.59 Å². The van der Waals surface area contributed by atoms with Gasteiger partial charge in [0, 0.05) is 31.6 Å². The van der Waals surface area contributed by atoms with Crippen molar-refractivity contribution in [2.24, 2.45) is 0 Å². The molecule has 0 aliphatic heterocycles. The van der Waals surface area contributed by atoms with E-state index < -0.39 is 6.04 Å². The molecule has 0 unspecified atom stereocenters. The normalized spacial score (nSPS) is 11.7. The van der Waals surface area contributed by atoms with Crippen molar-refractivity contribution in [2.75, 3.05) is 13.2 Å². The number of hydrogen-bond donors (Lipinski definition) is 2. The number of aliphatic hydroxyl groups excluding tert-OH is 1. The Labute approximate surface area is 158 Å². The number of benzene rings is 2. The fourth-order valence-corrected chi connectivity index (χ4v) is 2.79. The lowest BCUT2D eigenvalue weighted by molar-refractivity contribution is -0.140. The van der Waals surface area contributed by atoms with Crippen LogP contribution >= 0.6 is 11.6 Å². The minimum atomic E-state index is -0.747. The van der Waals surface area contributed by atoms with Crippen LogP contribution in [0.2, 0.25) is 5.02 Å². The van der Waals surface area contributed by atoms with Crippen molar-refractivity contribution < 1.29 is 14.7 Å². The highest BCUT2D eigenvalue weighted by molar-refractivity contribution is 6.30. The van der Waals surface area contributed by atoms with E-state index in [-0.39, 0.29) is 18.4 Å². The smallest absolute Gasteiger partial charge is 0.247 e. The molecule has 2 N–H and O–H groups in total. The molecule has 0 heterocycles. The Kier molecular flexibility index (Phi) is 7.63. The molecule has 0 saturated carbocycles. The summed E-state index contributed by atoms with van der Waals surface area (Å²) >= 11 is 5.93. The van der Waals surface area contributed by atoms with Gasteiger partial charge in [0.25, 0.3) is 0 Å². The van der Waals surface area contributed by atoms with Gasteiger partial charge in [0.2, 0.25) is 11.8 Å². The van der Waals surface area contributed by atoms with Crippen LogP contribution in [-0.4, -0.2) is 35.0 Å². The molecular formula is C20H23ClN2O3. The van der Waals surface area contributed by atoms with Gasteiger partial charge in [-0.2, -0.15) is 0 Å². The topological polar surface area (TPSA) is 69.6 Å². The van der Waals surface area contributed by atoms with Crippen LogP contribution in [0.15, 0.2) is 54.6 Å². The van der Waals surface area contributed by atoms with Gasteiger partial charge in [-0.15, -0.1) is 0 Å². The lowest BCUT2D eigenvalue weighted by Crippen LogP contribution is -2.42. The highest BCUT2D eigenvalue weighted by Gasteiger charge is 2.29. The second kappa shape index (κ2) is 9.94. The Bertz CT molecular complexity index is 720. The van der Waals surface area contributed by atoms with Crippen LogP contribution in [0.1, 0.15) is 30.5 Å². The van der Waals surface area contributed by atoms with Crippen molar-refractivity contribution >= 4 is 23.4 Å². The molecule has 26 heavy (non-hydrogen) atoms. The molecule has 2 amide bonds. The number of nitrogens with one attached hydrogen (secondary N) is 1. The molecular weight excluding hydrogens is 352 g/mol. The maximum atomic E-state index is 12.8. The summed E-state index contributed by atoms with van der Waals surface area (Å²) in [7, 11) is 0. The van der Waals surface area contributed by atoms with Crippen LogP contribution in [0.25, 0.3) is 0 Å². The average Bonchev–Trinajstić information content (AvgIpc) is 2.64. The quantitative estimate of drug-likeness (QED) is 0.698. The number of carbonyl (C=O) groups excluding carboxylic acids is 2. The molecule has 0 bridgehead atoms. The SMILES string of the molecule is CC(=O)N(Cc1ccc(Cl)cc1)[C@@H](C(=O)NCCCO)c1ccccc1. The van der Waals surface area contributed by atoms with Gasteiger partial charge in [-0.1, -0.05) is 54.1 Å². The second-order valence-electron chi connectivity index (χ2n) is 5.95. The molecule has 0 radical (unpaired) electrons. The fraction of sp³-hybridized carbons (Fsp3) is 0.300. The molecule has 6 heteroatoms. The van der Waals surface area contributed by atoms with Crippen LogP contribution in [0, 0.1) is 0 Å². The highest BCUT2D eigenvalue weighted by atomic mass is 35.5. The van der Waals surface area contributed by atoms with E-state index in [0.717, 1.165) is 11.1 Å². The predicted molar refractivity (Wildman–Crippen MR) is 102 cm³/mol. The maximum absolute atomic E-state index is 12.8. The van der Waals surface area contributed by atoms with Gasteiger partial charge in [0.1, 0.15) is 6.04 Å². The first kappa shape index (κ1) is 19.9. The monoisotopic (exact) mass is 374 g/mol. The summed E-state index contributed by atoms with van der Waals surface area (Å²) in [5.41, 5.74) is 1.62. The summed E-state index contributed by atoms with van der Waals surface area (Å²) < 4.78 is 0. The summed E-state index contributed by atoms with van der Waals surface area (Å²) in [6.07, 6.45) is 0.463. The molecule has 0 fully saturated rings. The van der Waals surface area contributed by atoms with E-state index in [1.54, 1.807) is 12.1 Å². The van der Waals surface area contributed by atoms with Gasteiger partial charge in [-0.25, -0.2) is 0 Å². The Balaban J connectivity index is 2.30. The van der Waals surface area contributed by atoms with Crippen LogP contribution in [-0.2, 0) is 16.1 Å². The summed E-state index contributed by atoms with van der Waals surface area (Å²) in [4.78, 5) is 26.7. The molecule has 0 aromatic heterocycles. The van der Waals surface area contributed by atoms with E-state index in [2.05, 4.69) is 5.32 Å². The summed E-state index contributed by atoms with van der Waals surface area (Å²) in [6.45, 7) is 2.09. The maximum Gasteiger partial charge on any atom is 0.247 e. The van der Waals surface area contributed by atoms with E-state index in [1.807, 2.05) is 42.5 Å². The van der Waals surface area contributed by atoms with Crippen molar-refractivity contribution in [3.05, 3.63) is 70.7 Å². The first-order valence-corrected chi connectivity index (χ1v) is 8.86. The third-order valence-corrected chi connectivity index (χ3v) is 4.23. The summed E-state index contributed by atoms with van der Waals surface area (Å²) in [5, 5.41) is 12.3. The molecule has 0 aliphatic rings. The van der Waals surface area contributed by atoms with Crippen LogP contribution < -0.4 is 5.32 Å². The van der Waals surface area contributed by atoms with Crippen molar-refractivity contribution in [3.8, 4) is 0 Å². The average molecular weight is 375 g/mol. The summed E-state index contributed by atoms with van der Waals surface area (Å²) in [5.74, 6) is -0.472. The number of hydrogen-bond acceptors (Lipinski definition) is 3. The number of rotatable bonds is 8. The number of amides is 2. The standard InChI is InChI=1S/C20H23ClN2O3/c1-15(25)23(14-16-8-10-18(21)11-9-16)19(17-6-3-2-4-7-17)20(26)22-12-5-13-24/h2-4,6-11,19,24H,5,12-14H2,1H3,(H,22,26)/t19-/m1/s1. The van der Waals surface area contributed by atoms with Gasteiger partial charge in [0.15, 0.2) is 0 Å². The molecule has 0 spiro atoms. The highest BCUT2D eigenvalue weighted by Crippen LogP contribution is 2.24. The minimum Gasteiger partial charge on any atom is -0.396 e. The third-order valence-electron chi connectivity index (χ3n) is 3.98. The van der Waals surface area contributed by atoms with Gasteiger partial charge in [0.05, 0.1) is 0 Å². The molecule has 2 aromatic rings. The van der Waals surface area contributed by atoms with Crippen LogP contribution in [0.5, 0.6) is 0 Å². The van der Waals surface area contributed by atoms with Gasteiger partial charge >= 0.3 is 0 Å². The largest absolute Gasteiger partial charge is 0.396 e. The third kappa shape index (κ3) is 5.58.